The van der Waals surface area contributed by atoms with Crippen molar-refractivity contribution in [1.82, 2.24) is 4.98 Å². The van der Waals surface area contributed by atoms with E-state index in [-0.39, 0.29) is 23.9 Å². The highest BCUT2D eigenvalue weighted by Crippen LogP contribution is 2.36. The maximum Gasteiger partial charge on any atom is 0.395 e. The van der Waals surface area contributed by atoms with Crippen LogP contribution in [0.2, 0.25) is 5.02 Å². The minimum absolute atomic E-state index is 0.0788. The fourth-order valence-corrected chi connectivity index (χ4v) is 1.64. The molecule has 88 valence electrons. The summed E-state index contributed by atoms with van der Waals surface area (Å²) >= 11 is 5.48. The Hall–Kier alpha value is -1.04. The van der Waals surface area contributed by atoms with Crippen LogP contribution >= 0.6 is 11.6 Å². The molecular formula is C9H7ClF4N2. The molecule has 0 radical (unpaired) electrons. The molecule has 0 unspecified atom stereocenters. The Morgan fingerprint density at radius 2 is 2.00 bits per heavy atom. The van der Waals surface area contributed by atoms with Gasteiger partial charge in [0.15, 0.2) is 11.6 Å². The molecule has 2 rings (SSSR count). The number of hydrogen-bond acceptors (Lipinski definition) is 2. The minimum atomic E-state index is -4.22. The van der Waals surface area contributed by atoms with Gasteiger partial charge in [0.25, 0.3) is 0 Å². The number of nitrogens with zero attached hydrogens (tertiary/aromatic N) is 2. The van der Waals surface area contributed by atoms with Crippen molar-refractivity contribution in [3.63, 3.8) is 0 Å². The number of halogens is 5. The number of hydrogen-bond donors (Lipinski definition) is 0. The minimum Gasteiger partial charge on any atom is -0.353 e. The monoisotopic (exact) mass is 254 g/mol. The molecule has 1 aromatic rings. The summed E-state index contributed by atoms with van der Waals surface area (Å²) in [6.07, 6.45) is -3.01. The standard InChI is InChI=1S/C9H7ClF4N2/c10-6-1-7(11)8(15-2-6)16-3-5(4-16)9(12,13)14/h1-2,5H,3-4H2. The molecule has 0 aliphatic carbocycles. The molecule has 1 aromatic heterocycles. The SMILES string of the molecule is Fc1cc(Cl)cnc1N1CC(C(F)(F)F)C1. The van der Waals surface area contributed by atoms with Crippen molar-refractivity contribution in [2.24, 2.45) is 5.92 Å². The summed E-state index contributed by atoms with van der Waals surface area (Å²) in [4.78, 5) is 4.91. The predicted octanol–water partition coefficient (Wildman–Crippen LogP) is 2.87. The van der Waals surface area contributed by atoms with Gasteiger partial charge in [-0.3, -0.25) is 0 Å². The highest BCUT2D eigenvalue weighted by atomic mass is 35.5. The molecule has 1 aliphatic heterocycles. The van der Waals surface area contributed by atoms with Crippen LogP contribution in [0.5, 0.6) is 0 Å². The van der Waals surface area contributed by atoms with Crippen molar-refractivity contribution in [3.8, 4) is 0 Å². The van der Waals surface area contributed by atoms with E-state index in [2.05, 4.69) is 4.98 Å². The molecule has 0 aromatic carbocycles. The van der Waals surface area contributed by atoms with E-state index in [1.54, 1.807) is 0 Å². The summed E-state index contributed by atoms with van der Waals surface area (Å²) in [5.41, 5.74) is 0. The topological polar surface area (TPSA) is 16.1 Å². The summed E-state index contributed by atoms with van der Waals surface area (Å²) < 4.78 is 49.9. The van der Waals surface area contributed by atoms with Gasteiger partial charge in [-0.25, -0.2) is 9.37 Å². The van der Waals surface area contributed by atoms with E-state index in [9.17, 15) is 17.6 Å². The van der Waals surface area contributed by atoms with Crippen molar-refractivity contribution in [1.29, 1.82) is 0 Å². The van der Waals surface area contributed by atoms with E-state index in [0.29, 0.717) is 0 Å². The lowest BCUT2D eigenvalue weighted by Crippen LogP contribution is -2.54. The summed E-state index contributed by atoms with van der Waals surface area (Å²) in [6.45, 7) is -0.510. The van der Waals surface area contributed by atoms with Gasteiger partial charge in [-0.15, -0.1) is 0 Å². The number of rotatable bonds is 1. The van der Waals surface area contributed by atoms with Crippen LogP contribution in [-0.4, -0.2) is 24.2 Å². The van der Waals surface area contributed by atoms with Gasteiger partial charge >= 0.3 is 6.18 Å². The van der Waals surface area contributed by atoms with Crippen molar-refractivity contribution in [3.05, 3.63) is 23.1 Å². The molecule has 0 spiro atoms. The summed E-state index contributed by atoms with van der Waals surface area (Å²) in [7, 11) is 0. The first-order chi connectivity index (χ1) is 7.38. The number of aromatic nitrogens is 1. The Balaban J connectivity index is 2.07. The molecule has 0 saturated carbocycles. The zero-order chi connectivity index (χ0) is 11.9. The first-order valence-electron chi connectivity index (χ1n) is 4.50. The van der Waals surface area contributed by atoms with Gasteiger partial charge in [0.05, 0.1) is 10.9 Å². The molecule has 1 fully saturated rings. The Morgan fingerprint density at radius 3 is 2.50 bits per heavy atom. The molecule has 0 atom stereocenters. The lowest BCUT2D eigenvalue weighted by molar-refractivity contribution is -0.180. The Kier molecular flexibility index (Phi) is 2.69. The molecule has 16 heavy (non-hydrogen) atoms. The second kappa shape index (κ2) is 3.76. The lowest BCUT2D eigenvalue weighted by atomic mass is 10.00. The van der Waals surface area contributed by atoms with Crippen LogP contribution in [0.1, 0.15) is 0 Å². The fourth-order valence-electron chi connectivity index (χ4n) is 1.50. The highest BCUT2D eigenvalue weighted by Gasteiger charge is 2.47. The van der Waals surface area contributed by atoms with E-state index in [0.717, 1.165) is 6.07 Å². The van der Waals surface area contributed by atoms with Crippen LogP contribution in [0.3, 0.4) is 0 Å². The summed E-state index contributed by atoms with van der Waals surface area (Å²) in [5.74, 6) is -2.18. The predicted molar refractivity (Wildman–Crippen MR) is 51.0 cm³/mol. The Morgan fingerprint density at radius 1 is 1.38 bits per heavy atom. The molecule has 2 nitrogen and oxygen atoms in total. The van der Waals surface area contributed by atoms with Gasteiger partial charge in [-0.05, 0) is 6.07 Å². The van der Waals surface area contributed by atoms with Gasteiger partial charge in [0.1, 0.15) is 0 Å². The number of alkyl halides is 3. The fraction of sp³-hybridized carbons (Fsp3) is 0.444. The van der Waals surface area contributed by atoms with E-state index in [4.69, 9.17) is 11.6 Å². The number of anilines is 1. The molecule has 7 heteroatoms. The average molecular weight is 255 g/mol. The normalized spacial score (nSPS) is 17.4. The first kappa shape index (κ1) is 11.4. The zero-order valence-electron chi connectivity index (χ0n) is 7.93. The number of pyridine rings is 1. The quantitative estimate of drug-likeness (QED) is 0.717. The maximum absolute atomic E-state index is 13.3. The highest BCUT2D eigenvalue weighted by molar-refractivity contribution is 6.30. The van der Waals surface area contributed by atoms with E-state index in [1.165, 1.54) is 11.1 Å². The second-order valence-electron chi connectivity index (χ2n) is 3.60. The third-order valence-electron chi connectivity index (χ3n) is 2.43. The molecule has 0 N–H and O–H groups in total. The lowest BCUT2D eigenvalue weighted by Gasteiger charge is -2.40. The molecule has 0 bridgehead atoms. The zero-order valence-corrected chi connectivity index (χ0v) is 8.69. The first-order valence-corrected chi connectivity index (χ1v) is 4.88. The Bertz CT molecular complexity index is 401. The van der Waals surface area contributed by atoms with Gasteiger partial charge in [-0.2, -0.15) is 13.2 Å². The van der Waals surface area contributed by atoms with E-state index >= 15 is 0 Å². The van der Waals surface area contributed by atoms with Crippen LogP contribution in [-0.2, 0) is 0 Å². The smallest absolute Gasteiger partial charge is 0.353 e. The maximum atomic E-state index is 13.3. The molecule has 0 amide bonds. The van der Waals surface area contributed by atoms with Crippen LogP contribution in [0, 0.1) is 11.7 Å². The molecule has 1 aliphatic rings. The van der Waals surface area contributed by atoms with Crippen molar-refractivity contribution < 1.29 is 17.6 Å². The van der Waals surface area contributed by atoms with E-state index < -0.39 is 17.9 Å². The average Bonchev–Trinajstić information content (AvgIpc) is 2.03. The van der Waals surface area contributed by atoms with Gasteiger partial charge in [0, 0.05) is 19.3 Å². The molecule has 2 heterocycles. The summed E-state index contributed by atoms with van der Waals surface area (Å²) in [6, 6.07) is 1.03. The Labute approximate surface area is 93.8 Å². The molecular weight excluding hydrogens is 248 g/mol. The van der Waals surface area contributed by atoms with Gasteiger partial charge in [0.2, 0.25) is 0 Å². The van der Waals surface area contributed by atoms with Gasteiger partial charge < -0.3 is 4.90 Å². The van der Waals surface area contributed by atoms with Crippen LogP contribution in [0.25, 0.3) is 0 Å². The van der Waals surface area contributed by atoms with Crippen molar-refractivity contribution >= 4 is 17.4 Å². The van der Waals surface area contributed by atoms with Crippen LogP contribution < -0.4 is 4.90 Å². The van der Waals surface area contributed by atoms with Crippen LogP contribution in [0.15, 0.2) is 12.3 Å². The van der Waals surface area contributed by atoms with E-state index in [1.807, 2.05) is 0 Å². The largest absolute Gasteiger partial charge is 0.395 e. The third kappa shape index (κ3) is 2.07. The second-order valence-corrected chi connectivity index (χ2v) is 4.04. The molecule has 1 saturated heterocycles. The summed E-state index contributed by atoms with van der Waals surface area (Å²) in [5, 5.41) is 0.120. The van der Waals surface area contributed by atoms with Crippen LogP contribution in [0.4, 0.5) is 23.4 Å². The van der Waals surface area contributed by atoms with Gasteiger partial charge in [-0.1, -0.05) is 11.6 Å². The van der Waals surface area contributed by atoms with Crippen molar-refractivity contribution in [2.75, 3.05) is 18.0 Å². The third-order valence-corrected chi connectivity index (χ3v) is 2.64. The van der Waals surface area contributed by atoms with Crippen molar-refractivity contribution in [2.45, 2.75) is 6.18 Å².